The van der Waals surface area contributed by atoms with Gasteiger partial charge in [0, 0.05) is 11.6 Å². The van der Waals surface area contributed by atoms with Crippen LogP contribution < -0.4 is 0 Å². The molecule has 1 saturated carbocycles. The van der Waals surface area contributed by atoms with Crippen molar-refractivity contribution in [1.82, 2.24) is 9.88 Å². The number of rotatable bonds is 4. The third kappa shape index (κ3) is 2.94. The Balaban J connectivity index is 1.86. The van der Waals surface area contributed by atoms with E-state index in [-0.39, 0.29) is 17.2 Å². The molecule has 1 aliphatic carbocycles. The number of thiazole rings is 1. The van der Waals surface area contributed by atoms with E-state index in [1.165, 1.54) is 22.3 Å². The quantitative estimate of drug-likeness (QED) is 0.772. The van der Waals surface area contributed by atoms with E-state index in [1.54, 1.807) is 32.0 Å². The Morgan fingerprint density at radius 2 is 1.93 bits per heavy atom. The Bertz CT molecular complexity index is 991. The highest BCUT2D eigenvalue weighted by molar-refractivity contribution is 7.14. The van der Waals surface area contributed by atoms with Gasteiger partial charge in [-0.25, -0.2) is 9.37 Å². The molecule has 2 heterocycles. The summed E-state index contributed by atoms with van der Waals surface area (Å²) in [5.41, 5.74) is 0.731. The second kappa shape index (κ2) is 7.13. The minimum Gasteiger partial charge on any atom is -0.503 e. The van der Waals surface area contributed by atoms with Crippen molar-refractivity contribution < 1.29 is 19.1 Å². The molecule has 0 saturated heterocycles. The van der Waals surface area contributed by atoms with Gasteiger partial charge < -0.3 is 10.0 Å². The number of carbonyl (C=O) groups excluding carboxylic acids is 2. The SMILES string of the molecule is Cc1nc(C)c(C(=O)C2=C(O)C(=O)N(C3CCCC3)C2c2ccccc2F)s1. The number of aryl methyl sites for hydroxylation is 2. The number of hydrogen-bond donors (Lipinski definition) is 1. The Labute approximate surface area is 166 Å². The maximum Gasteiger partial charge on any atom is 0.290 e. The first-order valence-electron chi connectivity index (χ1n) is 9.39. The van der Waals surface area contributed by atoms with E-state index in [0.717, 1.165) is 30.7 Å². The van der Waals surface area contributed by atoms with Crippen molar-refractivity contribution in [3.05, 3.63) is 62.6 Å². The normalized spacial score (nSPS) is 20.5. The number of aliphatic hydroxyl groups is 1. The van der Waals surface area contributed by atoms with E-state index >= 15 is 0 Å². The summed E-state index contributed by atoms with van der Waals surface area (Å²) in [7, 11) is 0. The third-order valence-corrected chi connectivity index (χ3v) is 6.59. The monoisotopic (exact) mass is 400 g/mol. The molecule has 28 heavy (non-hydrogen) atoms. The van der Waals surface area contributed by atoms with Crippen molar-refractivity contribution >= 4 is 23.0 Å². The largest absolute Gasteiger partial charge is 0.503 e. The summed E-state index contributed by atoms with van der Waals surface area (Å²) in [6, 6.07) is 5.09. The average molecular weight is 400 g/mol. The highest BCUT2D eigenvalue weighted by Crippen LogP contribution is 2.44. The molecule has 1 fully saturated rings. The number of Topliss-reactive ketones (excluding diaryl/α,β-unsaturated/α-hetero) is 1. The molecule has 0 spiro atoms. The number of amides is 1. The smallest absolute Gasteiger partial charge is 0.290 e. The summed E-state index contributed by atoms with van der Waals surface area (Å²) < 4.78 is 14.7. The second-order valence-corrected chi connectivity index (χ2v) is 8.52. The maximum atomic E-state index is 14.7. The fraction of sp³-hybridized carbons (Fsp3) is 0.381. The van der Waals surface area contributed by atoms with Gasteiger partial charge in [0.25, 0.3) is 5.91 Å². The lowest BCUT2D eigenvalue weighted by Crippen LogP contribution is -2.39. The van der Waals surface area contributed by atoms with E-state index < -0.39 is 29.3 Å². The molecule has 0 radical (unpaired) electrons. The van der Waals surface area contributed by atoms with Crippen LogP contribution >= 0.6 is 11.3 Å². The zero-order valence-corrected chi connectivity index (χ0v) is 16.6. The van der Waals surface area contributed by atoms with Gasteiger partial charge in [0.2, 0.25) is 5.78 Å². The topological polar surface area (TPSA) is 70.5 Å². The molecule has 1 N–H and O–H groups in total. The van der Waals surface area contributed by atoms with Gasteiger partial charge in [0.15, 0.2) is 5.76 Å². The van der Waals surface area contributed by atoms with Crippen molar-refractivity contribution in [1.29, 1.82) is 0 Å². The van der Waals surface area contributed by atoms with Crippen molar-refractivity contribution in [3.63, 3.8) is 0 Å². The van der Waals surface area contributed by atoms with Crippen molar-refractivity contribution in [3.8, 4) is 0 Å². The zero-order chi connectivity index (χ0) is 20.0. The number of benzene rings is 1. The van der Waals surface area contributed by atoms with Crippen LogP contribution in [0.1, 0.15) is 57.7 Å². The number of halogens is 1. The van der Waals surface area contributed by atoms with Crippen LogP contribution in [0, 0.1) is 19.7 Å². The summed E-state index contributed by atoms with van der Waals surface area (Å²) in [5.74, 6) is -2.12. The lowest BCUT2D eigenvalue weighted by atomic mass is 9.94. The molecule has 1 amide bonds. The first-order valence-corrected chi connectivity index (χ1v) is 10.2. The highest BCUT2D eigenvalue weighted by atomic mass is 32.1. The molecule has 1 aliphatic heterocycles. The number of aromatic nitrogens is 1. The predicted octanol–water partition coefficient (Wildman–Crippen LogP) is 4.42. The summed E-state index contributed by atoms with van der Waals surface area (Å²) in [6.45, 7) is 3.51. The van der Waals surface area contributed by atoms with Gasteiger partial charge >= 0.3 is 0 Å². The van der Waals surface area contributed by atoms with E-state index in [2.05, 4.69) is 4.98 Å². The summed E-state index contributed by atoms with van der Waals surface area (Å²) in [5, 5.41) is 11.4. The maximum absolute atomic E-state index is 14.7. The van der Waals surface area contributed by atoms with E-state index in [9.17, 15) is 19.1 Å². The molecule has 2 aliphatic rings. The number of carbonyl (C=O) groups is 2. The molecule has 7 heteroatoms. The summed E-state index contributed by atoms with van der Waals surface area (Å²) in [4.78, 5) is 32.5. The van der Waals surface area contributed by atoms with Gasteiger partial charge in [-0.1, -0.05) is 31.0 Å². The van der Waals surface area contributed by atoms with Gasteiger partial charge in [-0.15, -0.1) is 11.3 Å². The molecule has 2 aromatic rings. The molecule has 0 bridgehead atoms. The molecule has 1 aromatic heterocycles. The Kier molecular flexibility index (Phi) is 4.79. The van der Waals surface area contributed by atoms with Crippen LogP contribution in [0.2, 0.25) is 0 Å². The lowest BCUT2D eigenvalue weighted by Gasteiger charge is -2.32. The zero-order valence-electron chi connectivity index (χ0n) is 15.7. The van der Waals surface area contributed by atoms with Gasteiger partial charge in [0.05, 0.1) is 27.2 Å². The van der Waals surface area contributed by atoms with Crippen LogP contribution in [0.4, 0.5) is 4.39 Å². The van der Waals surface area contributed by atoms with Crippen molar-refractivity contribution in [2.75, 3.05) is 0 Å². The van der Waals surface area contributed by atoms with Gasteiger partial charge in [-0.2, -0.15) is 0 Å². The van der Waals surface area contributed by atoms with E-state index in [4.69, 9.17) is 0 Å². The molecular weight excluding hydrogens is 379 g/mol. The molecular formula is C21H21FN2O3S. The van der Waals surface area contributed by atoms with Crippen molar-refractivity contribution in [2.24, 2.45) is 0 Å². The average Bonchev–Trinajstić information content (AvgIpc) is 3.35. The number of aliphatic hydroxyl groups excluding tert-OH is 1. The summed E-state index contributed by atoms with van der Waals surface area (Å²) in [6.07, 6.45) is 3.50. The van der Waals surface area contributed by atoms with E-state index in [0.29, 0.717) is 10.6 Å². The predicted molar refractivity (Wildman–Crippen MR) is 104 cm³/mol. The third-order valence-electron chi connectivity index (χ3n) is 5.52. The first-order chi connectivity index (χ1) is 13.4. The van der Waals surface area contributed by atoms with E-state index in [1.807, 2.05) is 0 Å². The van der Waals surface area contributed by atoms with Gasteiger partial charge in [-0.3, -0.25) is 9.59 Å². The van der Waals surface area contributed by atoms with Crippen LogP contribution in [-0.2, 0) is 4.79 Å². The molecule has 5 nitrogen and oxygen atoms in total. The minimum atomic E-state index is -0.925. The van der Waals surface area contributed by atoms with Crippen molar-refractivity contribution in [2.45, 2.75) is 51.6 Å². The number of hydrogen-bond acceptors (Lipinski definition) is 5. The summed E-state index contributed by atoms with van der Waals surface area (Å²) >= 11 is 1.22. The first kappa shape index (κ1) is 18.8. The van der Waals surface area contributed by atoms with Crippen LogP contribution in [0.25, 0.3) is 0 Å². The number of nitrogens with zero attached hydrogens (tertiary/aromatic N) is 2. The molecule has 4 rings (SSSR count). The standard InChI is InChI=1S/C21H21FN2O3S/c1-11-20(28-12(2)23-11)18(25)16-17(14-9-5-6-10-15(14)22)24(21(27)19(16)26)13-7-3-4-8-13/h5-6,9-10,13,17,26H,3-4,7-8H2,1-2H3. The van der Waals surface area contributed by atoms with Crippen LogP contribution in [0.5, 0.6) is 0 Å². The highest BCUT2D eigenvalue weighted by Gasteiger charge is 2.48. The number of ketones is 1. The second-order valence-electron chi connectivity index (χ2n) is 7.31. The van der Waals surface area contributed by atoms with Crippen LogP contribution in [0.15, 0.2) is 35.6 Å². The molecule has 1 aromatic carbocycles. The molecule has 1 unspecified atom stereocenters. The van der Waals surface area contributed by atoms with Crippen LogP contribution in [-0.4, -0.2) is 32.7 Å². The van der Waals surface area contributed by atoms with Gasteiger partial charge in [-0.05, 0) is 32.8 Å². The van der Waals surface area contributed by atoms with Crippen LogP contribution in [0.3, 0.4) is 0 Å². The molecule has 146 valence electrons. The fourth-order valence-electron chi connectivity index (χ4n) is 4.28. The fourth-order valence-corrected chi connectivity index (χ4v) is 5.15. The Morgan fingerprint density at radius 1 is 1.25 bits per heavy atom. The molecule has 1 atom stereocenters. The lowest BCUT2D eigenvalue weighted by molar-refractivity contribution is -0.131. The Hall–Kier alpha value is -2.54. The minimum absolute atomic E-state index is 0.0475. The van der Waals surface area contributed by atoms with Gasteiger partial charge in [0.1, 0.15) is 5.82 Å². The Morgan fingerprint density at radius 3 is 2.54 bits per heavy atom.